The van der Waals surface area contributed by atoms with E-state index in [-0.39, 0.29) is 6.04 Å². The molecule has 2 aromatic heterocycles. The van der Waals surface area contributed by atoms with Crippen LogP contribution in [0, 0.1) is 13.8 Å². The van der Waals surface area contributed by atoms with Gasteiger partial charge in [0.25, 0.3) is 0 Å². The van der Waals surface area contributed by atoms with E-state index < -0.39 is 0 Å². The third-order valence-corrected chi connectivity index (χ3v) is 3.78. The Morgan fingerprint density at radius 3 is 2.70 bits per heavy atom. The van der Waals surface area contributed by atoms with Crippen LogP contribution in [0.3, 0.4) is 0 Å². The van der Waals surface area contributed by atoms with Gasteiger partial charge in [-0.2, -0.15) is 4.98 Å². The maximum atomic E-state index is 5.56. The van der Waals surface area contributed by atoms with E-state index in [4.69, 9.17) is 4.74 Å². The lowest BCUT2D eigenvalue weighted by atomic mass is 10.3. The number of aromatic nitrogens is 3. The summed E-state index contributed by atoms with van der Waals surface area (Å²) in [5, 5.41) is 6.35. The summed E-state index contributed by atoms with van der Waals surface area (Å²) in [6.07, 6.45) is 0.959. The topological polar surface area (TPSA) is 59.9 Å². The molecule has 0 aliphatic heterocycles. The van der Waals surface area contributed by atoms with Crippen molar-refractivity contribution < 1.29 is 4.74 Å². The highest BCUT2D eigenvalue weighted by atomic mass is 32.1. The molecule has 0 amide bonds. The number of anilines is 1. The van der Waals surface area contributed by atoms with E-state index in [0.717, 1.165) is 22.8 Å². The Kier molecular flexibility index (Phi) is 4.89. The lowest BCUT2D eigenvalue weighted by Crippen LogP contribution is -2.10. The first-order valence-electron chi connectivity index (χ1n) is 6.75. The zero-order valence-electron chi connectivity index (χ0n) is 12.3. The average molecular weight is 292 g/mol. The number of hydrogen-bond acceptors (Lipinski definition) is 6. The van der Waals surface area contributed by atoms with Crippen molar-refractivity contribution in [3.8, 4) is 5.88 Å². The van der Waals surface area contributed by atoms with Crippen molar-refractivity contribution in [2.24, 2.45) is 0 Å². The molecule has 0 bridgehead atoms. The van der Waals surface area contributed by atoms with E-state index in [1.807, 2.05) is 25.3 Å². The Labute approximate surface area is 123 Å². The number of ether oxygens (including phenoxy) is 1. The minimum atomic E-state index is 0.0783. The number of rotatable bonds is 6. The number of nitrogens with one attached hydrogen (secondary N) is 1. The maximum Gasteiger partial charge on any atom is 0.226 e. The van der Waals surface area contributed by atoms with Crippen LogP contribution in [-0.2, 0) is 0 Å². The van der Waals surface area contributed by atoms with Crippen LogP contribution in [0.4, 0.5) is 5.95 Å². The van der Waals surface area contributed by atoms with Crippen molar-refractivity contribution in [1.29, 1.82) is 0 Å². The first-order valence-corrected chi connectivity index (χ1v) is 7.63. The Hall–Kier alpha value is -1.69. The van der Waals surface area contributed by atoms with E-state index in [1.165, 1.54) is 0 Å². The SMILES string of the molecule is CCCOc1cc(C)nc(NC(C)c2nc(C)cs2)n1. The molecule has 1 N–H and O–H groups in total. The normalized spacial score (nSPS) is 12.2. The minimum absolute atomic E-state index is 0.0783. The van der Waals surface area contributed by atoms with E-state index in [1.54, 1.807) is 11.3 Å². The van der Waals surface area contributed by atoms with Crippen LogP contribution in [0.2, 0.25) is 0 Å². The maximum absolute atomic E-state index is 5.56. The first kappa shape index (κ1) is 14.7. The zero-order chi connectivity index (χ0) is 14.5. The smallest absolute Gasteiger partial charge is 0.226 e. The molecular weight excluding hydrogens is 272 g/mol. The van der Waals surface area contributed by atoms with Gasteiger partial charge in [0.1, 0.15) is 5.01 Å². The van der Waals surface area contributed by atoms with Crippen molar-refractivity contribution in [2.45, 2.75) is 40.2 Å². The molecule has 0 saturated heterocycles. The molecule has 0 aliphatic carbocycles. The van der Waals surface area contributed by atoms with Crippen molar-refractivity contribution in [2.75, 3.05) is 11.9 Å². The molecule has 2 aromatic rings. The largest absolute Gasteiger partial charge is 0.478 e. The summed E-state index contributed by atoms with van der Waals surface area (Å²) in [5.74, 6) is 1.20. The first-order chi connectivity index (χ1) is 9.58. The van der Waals surface area contributed by atoms with Gasteiger partial charge in [0, 0.05) is 22.8 Å². The average Bonchev–Trinajstić information content (AvgIpc) is 2.82. The summed E-state index contributed by atoms with van der Waals surface area (Å²) in [6.45, 7) is 8.71. The lowest BCUT2D eigenvalue weighted by Gasteiger charge is -2.13. The molecule has 0 radical (unpaired) electrons. The van der Waals surface area contributed by atoms with Crippen LogP contribution in [0.15, 0.2) is 11.4 Å². The summed E-state index contributed by atoms with van der Waals surface area (Å²) in [4.78, 5) is 13.2. The Morgan fingerprint density at radius 2 is 2.05 bits per heavy atom. The molecule has 0 spiro atoms. The highest BCUT2D eigenvalue weighted by Gasteiger charge is 2.12. The summed E-state index contributed by atoms with van der Waals surface area (Å²) in [7, 11) is 0. The van der Waals surface area contributed by atoms with Gasteiger partial charge < -0.3 is 10.1 Å². The van der Waals surface area contributed by atoms with Crippen molar-refractivity contribution in [3.05, 3.63) is 27.8 Å². The van der Waals surface area contributed by atoms with Crippen LogP contribution in [0.1, 0.15) is 42.7 Å². The van der Waals surface area contributed by atoms with Crippen molar-refractivity contribution in [1.82, 2.24) is 15.0 Å². The molecule has 20 heavy (non-hydrogen) atoms. The fraction of sp³-hybridized carbons (Fsp3) is 0.500. The number of thiazole rings is 1. The second-order valence-electron chi connectivity index (χ2n) is 4.71. The highest BCUT2D eigenvalue weighted by Crippen LogP contribution is 2.22. The Balaban J connectivity index is 2.10. The van der Waals surface area contributed by atoms with Gasteiger partial charge in [-0.3, -0.25) is 0 Å². The molecule has 0 saturated carbocycles. The fourth-order valence-corrected chi connectivity index (χ4v) is 2.51. The summed E-state index contributed by atoms with van der Waals surface area (Å²) in [6, 6.07) is 1.92. The summed E-state index contributed by atoms with van der Waals surface area (Å²) in [5.41, 5.74) is 1.92. The van der Waals surface area contributed by atoms with Gasteiger partial charge in [-0.15, -0.1) is 11.3 Å². The molecule has 6 heteroatoms. The van der Waals surface area contributed by atoms with Gasteiger partial charge in [-0.25, -0.2) is 9.97 Å². The van der Waals surface area contributed by atoms with Crippen molar-refractivity contribution >= 4 is 17.3 Å². The third-order valence-electron chi connectivity index (χ3n) is 2.64. The number of hydrogen-bond donors (Lipinski definition) is 1. The summed E-state index contributed by atoms with van der Waals surface area (Å²) >= 11 is 1.64. The van der Waals surface area contributed by atoms with E-state index in [0.29, 0.717) is 18.4 Å². The van der Waals surface area contributed by atoms with Crippen LogP contribution < -0.4 is 10.1 Å². The second-order valence-corrected chi connectivity index (χ2v) is 5.60. The second kappa shape index (κ2) is 6.65. The molecular formula is C14H20N4OS. The van der Waals surface area contributed by atoms with E-state index in [2.05, 4.69) is 34.1 Å². The zero-order valence-corrected chi connectivity index (χ0v) is 13.1. The molecule has 108 valence electrons. The lowest BCUT2D eigenvalue weighted by molar-refractivity contribution is 0.305. The third kappa shape index (κ3) is 3.90. The highest BCUT2D eigenvalue weighted by molar-refractivity contribution is 7.09. The molecule has 0 aliphatic rings. The van der Waals surface area contributed by atoms with E-state index in [9.17, 15) is 0 Å². The van der Waals surface area contributed by atoms with Crippen LogP contribution in [0.5, 0.6) is 5.88 Å². The molecule has 2 rings (SSSR count). The Bertz CT molecular complexity index is 570. The summed E-state index contributed by atoms with van der Waals surface area (Å²) < 4.78 is 5.56. The van der Waals surface area contributed by atoms with E-state index >= 15 is 0 Å². The van der Waals surface area contributed by atoms with Gasteiger partial charge in [-0.1, -0.05) is 6.92 Å². The van der Waals surface area contributed by atoms with Gasteiger partial charge in [-0.05, 0) is 27.2 Å². The molecule has 5 nitrogen and oxygen atoms in total. The van der Waals surface area contributed by atoms with Crippen LogP contribution in [0.25, 0.3) is 0 Å². The Morgan fingerprint density at radius 1 is 1.25 bits per heavy atom. The predicted octanol–water partition coefficient (Wildman–Crippen LogP) is 3.51. The van der Waals surface area contributed by atoms with Crippen molar-refractivity contribution in [3.63, 3.8) is 0 Å². The number of aryl methyl sites for hydroxylation is 2. The van der Waals surface area contributed by atoms with Crippen LogP contribution in [-0.4, -0.2) is 21.6 Å². The van der Waals surface area contributed by atoms with Gasteiger partial charge in [0.05, 0.1) is 12.6 Å². The molecule has 0 aromatic carbocycles. The molecule has 0 fully saturated rings. The fourth-order valence-electron chi connectivity index (χ4n) is 1.71. The quantitative estimate of drug-likeness (QED) is 0.882. The molecule has 2 heterocycles. The monoisotopic (exact) mass is 292 g/mol. The molecule has 1 unspecified atom stereocenters. The number of nitrogens with zero attached hydrogens (tertiary/aromatic N) is 3. The minimum Gasteiger partial charge on any atom is -0.478 e. The van der Waals surface area contributed by atoms with Crippen LogP contribution >= 0.6 is 11.3 Å². The van der Waals surface area contributed by atoms with Gasteiger partial charge in [0.2, 0.25) is 11.8 Å². The van der Waals surface area contributed by atoms with Gasteiger partial charge in [0.15, 0.2) is 0 Å². The predicted molar refractivity (Wildman–Crippen MR) is 81.4 cm³/mol. The molecule has 1 atom stereocenters. The standard InChI is InChI=1S/C14H20N4OS/c1-5-6-19-12-7-9(2)16-14(18-12)17-11(4)13-15-10(3)8-20-13/h7-8,11H,5-6H2,1-4H3,(H,16,17,18). The van der Waals surface area contributed by atoms with Gasteiger partial charge >= 0.3 is 0 Å².